The van der Waals surface area contributed by atoms with Crippen LogP contribution in [0, 0.1) is 0 Å². The van der Waals surface area contributed by atoms with Gasteiger partial charge in [-0.05, 0) is 29.0 Å². The van der Waals surface area contributed by atoms with Crippen molar-refractivity contribution in [3.63, 3.8) is 0 Å². The van der Waals surface area contributed by atoms with Gasteiger partial charge in [0, 0.05) is 18.3 Å². The van der Waals surface area contributed by atoms with Crippen LogP contribution in [0.25, 0.3) is 10.9 Å². The summed E-state index contributed by atoms with van der Waals surface area (Å²) < 4.78 is 2.21. The van der Waals surface area contributed by atoms with Gasteiger partial charge in [0.15, 0.2) is 0 Å². The summed E-state index contributed by atoms with van der Waals surface area (Å²) in [6, 6.07) is 16.9. The van der Waals surface area contributed by atoms with Crippen LogP contribution in [0.5, 0.6) is 0 Å². The third kappa shape index (κ3) is 2.35. The number of rotatable bonds is 4. The minimum atomic E-state index is 0.0795. The Morgan fingerprint density at radius 2 is 1.70 bits per heavy atom. The first-order chi connectivity index (χ1) is 9.81. The number of hydrogen-bond acceptors (Lipinski definition) is 1. The van der Waals surface area contributed by atoms with Crippen molar-refractivity contribution in [2.45, 2.75) is 26.5 Å². The maximum atomic E-state index is 9.50. The Morgan fingerprint density at radius 1 is 0.950 bits per heavy atom. The number of aromatic nitrogens is 1. The van der Waals surface area contributed by atoms with Gasteiger partial charge in [0.05, 0.1) is 12.1 Å². The van der Waals surface area contributed by atoms with Crippen molar-refractivity contribution in [3.05, 3.63) is 71.4 Å². The van der Waals surface area contributed by atoms with E-state index in [0.717, 1.165) is 24.0 Å². The lowest BCUT2D eigenvalue weighted by Gasteiger charge is -2.09. The van der Waals surface area contributed by atoms with E-state index in [1.54, 1.807) is 0 Å². The highest BCUT2D eigenvalue weighted by molar-refractivity contribution is 5.83. The van der Waals surface area contributed by atoms with Crippen LogP contribution in [-0.2, 0) is 19.6 Å². The van der Waals surface area contributed by atoms with Crippen LogP contribution in [-0.4, -0.2) is 9.67 Å². The highest BCUT2D eigenvalue weighted by Crippen LogP contribution is 2.21. The molecule has 2 heteroatoms. The van der Waals surface area contributed by atoms with Gasteiger partial charge in [-0.2, -0.15) is 0 Å². The number of benzene rings is 2. The van der Waals surface area contributed by atoms with Crippen molar-refractivity contribution in [1.82, 2.24) is 4.57 Å². The van der Waals surface area contributed by atoms with E-state index in [-0.39, 0.29) is 6.61 Å². The fourth-order valence-corrected chi connectivity index (χ4v) is 2.68. The van der Waals surface area contributed by atoms with Gasteiger partial charge in [-0.3, -0.25) is 0 Å². The molecule has 2 aromatic carbocycles. The lowest BCUT2D eigenvalue weighted by Crippen LogP contribution is -2.00. The van der Waals surface area contributed by atoms with Crippen LogP contribution in [0.4, 0.5) is 0 Å². The molecule has 0 saturated heterocycles. The molecule has 0 amide bonds. The summed E-state index contributed by atoms with van der Waals surface area (Å²) >= 11 is 0. The quantitative estimate of drug-likeness (QED) is 0.763. The molecule has 0 spiro atoms. The van der Waals surface area contributed by atoms with E-state index < -0.39 is 0 Å². The number of fused-ring (bicyclic) bond motifs is 1. The zero-order valence-corrected chi connectivity index (χ0v) is 11.7. The van der Waals surface area contributed by atoms with E-state index in [2.05, 4.69) is 54.1 Å². The molecule has 0 aliphatic heterocycles. The van der Waals surface area contributed by atoms with E-state index >= 15 is 0 Å². The van der Waals surface area contributed by atoms with E-state index in [4.69, 9.17) is 0 Å². The predicted octanol–water partition coefficient (Wildman–Crippen LogP) is 3.74. The Kier molecular flexibility index (Phi) is 3.57. The number of aryl methyl sites for hydroxylation is 1. The molecule has 0 fully saturated rings. The van der Waals surface area contributed by atoms with Crippen LogP contribution >= 0.6 is 0 Å². The topological polar surface area (TPSA) is 25.2 Å². The van der Waals surface area contributed by atoms with Gasteiger partial charge in [0.2, 0.25) is 0 Å². The highest BCUT2D eigenvalue weighted by atomic mass is 16.3. The highest BCUT2D eigenvalue weighted by Gasteiger charge is 2.06. The average Bonchev–Trinajstić information content (AvgIpc) is 2.91. The molecule has 3 aromatic rings. The Bertz CT molecular complexity index is 710. The van der Waals surface area contributed by atoms with Crippen molar-refractivity contribution in [2.24, 2.45) is 0 Å². The van der Waals surface area contributed by atoms with Gasteiger partial charge >= 0.3 is 0 Å². The van der Waals surface area contributed by atoms with Gasteiger partial charge in [-0.25, -0.2) is 0 Å². The van der Waals surface area contributed by atoms with Crippen LogP contribution < -0.4 is 0 Å². The summed E-state index contributed by atoms with van der Waals surface area (Å²) in [4.78, 5) is 0. The summed E-state index contributed by atoms with van der Waals surface area (Å²) in [6.45, 7) is 3.09. The normalized spacial score (nSPS) is 11.1. The smallest absolute Gasteiger partial charge is 0.0702 e. The summed E-state index contributed by atoms with van der Waals surface area (Å²) in [5, 5.41) is 10.7. The van der Waals surface area contributed by atoms with Crippen LogP contribution in [0.3, 0.4) is 0 Å². The van der Waals surface area contributed by atoms with E-state index in [1.807, 2.05) is 12.1 Å². The first-order valence-corrected chi connectivity index (χ1v) is 7.07. The zero-order chi connectivity index (χ0) is 13.9. The van der Waals surface area contributed by atoms with Crippen molar-refractivity contribution >= 4 is 10.9 Å². The summed E-state index contributed by atoms with van der Waals surface area (Å²) in [7, 11) is 0. The first-order valence-electron chi connectivity index (χ1n) is 7.07. The van der Waals surface area contributed by atoms with Gasteiger partial charge in [-0.1, -0.05) is 49.4 Å². The second-order valence-corrected chi connectivity index (χ2v) is 5.13. The molecule has 1 aromatic heterocycles. The largest absolute Gasteiger partial charge is 0.392 e. The summed E-state index contributed by atoms with van der Waals surface area (Å²) in [5.74, 6) is 0. The lowest BCUT2D eigenvalue weighted by atomic mass is 10.1. The number of aliphatic hydroxyl groups is 1. The molecular weight excluding hydrogens is 246 g/mol. The molecule has 0 aliphatic carbocycles. The van der Waals surface area contributed by atoms with Gasteiger partial charge < -0.3 is 9.67 Å². The van der Waals surface area contributed by atoms with E-state index in [9.17, 15) is 5.11 Å². The standard InChI is InChI=1S/C18H19NO/c1-2-14-6-8-15(9-7-14)12-19-11-10-16-4-3-5-17(13-20)18(16)19/h3-11,20H,2,12-13H2,1H3. The Hall–Kier alpha value is -2.06. The maximum absolute atomic E-state index is 9.50. The lowest BCUT2D eigenvalue weighted by molar-refractivity contribution is 0.283. The third-order valence-electron chi connectivity index (χ3n) is 3.83. The van der Waals surface area contributed by atoms with Crippen molar-refractivity contribution in [2.75, 3.05) is 0 Å². The first kappa shape index (κ1) is 12.9. The van der Waals surface area contributed by atoms with Crippen molar-refractivity contribution in [3.8, 4) is 0 Å². The molecule has 0 unspecified atom stereocenters. The van der Waals surface area contributed by atoms with Gasteiger partial charge in [-0.15, -0.1) is 0 Å². The number of para-hydroxylation sites is 1. The second-order valence-electron chi connectivity index (χ2n) is 5.13. The Balaban J connectivity index is 1.97. The molecule has 0 atom stereocenters. The average molecular weight is 265 g/mol. The third-order valence-corrected chi connectivity index (χ3v) is 3.83. The minimum absolute atomic E-state index is 0.0795. The molecule has 2 nitrogen and oxygen atoms in total. The van der Waals surface area contributed by atoms with Crippen molar-refractivity contribution < 1.29 is 5.11 Å². The molecule has 3 rings (SSSR count). The van der Waals surface area contributed by atoms with E-state index in [0.29, 0.717) is 0 Å². The number of aliphatic hydroxyl groups excluding tert-OH is 1. The molecule has 0 saturated carbocycles. The molecular formula is C18H19NO. The van der Waals surface area contributed by atoms with E-state index in [1.165, 1.54) is 16.5 Å². The predicted molar refractivity (Wildman–Crippen MR) is 82.8 cm³/mol. The van der Waals surface area contributed by atoms with Crippen molar-refractivity contribution in [1.29, 1.82) is 0 Å². The summed E-state index contributed by atoms with van der Waals surface area (Å²) in [5.41, 5.74) is 4.77. The summed E-state index contributed by atoms with van der Waals surface area (Å²) in [6.07, 6.45) is 3.17. The fourth-order valence-electron chi connectivity index (χ4n) is 2.68. The van der Waals surface area contributed by atoms with Crippen LogP contribution in [0.1, 0.15) is 23.6 Å². The fraction of sp³-hybridized carbons (Fsp3) is 0.222. The molecule has 1 N–H and O–H groups in total. The minimum Gasteiger partial charge on any atom is -0.392 e. The molecule has 102 valence electrons. The van der Waals surface area contributed by atoms with Crippen LogP contribution in [0.15, 0.2) is 54.7 Å². The van der Waals surface area contributed by atoms with Gasteiger partial charge in [0.1, 0.15) is 0 Å². The Labute approximate surface area is 119 Å². The second kappa shape index (κ2) is 5.51. The zero-order valence-electron chi connectivity index (χ0n) is 11.7. The monoisotopic (exact) mass is 265 g/mol. The molecule has 0 bridgehead atoms. The van der Waals surface area contributed by atoms with Gasteiger partial charge in [0.25, 0.3) is 0 Å². The number of hydrogen-bond donors (Lipinski definition) is 1. The molecule has 1 heterocycles. The Morgan fingerprint density at radius 3 is 2.40 bits per heavy atom. The number of nitrogens with zero attached hydrogens (tertiary/aromatic N) is 1. The molecule has 0 aliphatic rings. The van der Waals surface area contributed by atoms with Crippen LogP contribution in [0.2, 0.25) is 0 Å². The molecule has 0 radical (unpaired) electrons. The molecule has 20 heavy (non-hydrogen) atoms. The SMILES string of the molecule is CCc1ccc(Cn2ccc3cccc(CO)c32)cc1. The maximum Gasteiger partial charge on any atom is 0.0702 e.